The standard InChI is InChI=1S/C42H25NO2/c1-2-11-26(12-3-1)27-23-28(30-16-10-20-39-40(30)35-15-6-9-19-38(35)44-39)25-29(24-27)43-36-17-7-4-13-31(36)33-21-22-34-32-14-5-8-18-37(32)45-42(34)41(33)43/h1-25H. The summed E-state index contributed by atoms with van der Waals surface area (Å²) in [5.74, 6) is 0. The summed E-state index contributed by atoms with van der Waals surface area (Å²) in [6.45, 7) is 0. The van der Waals surface area contributed by atoms with Gasteiger partial charge < -0.3 is 13.4 Å². The first kappa shape index (κ1) is 24.4. The number of fused-ring (bicyclic) bond motifs is 10. The molecule has 0 aliphatic heterocycles. The second-order valence-electron chi connectivity index (χ2n) is 11.7. The van der Waals surface area contributed by atoms with E-state index >= 15 is 0 Å². The van der Waals surface area contributed by atoms with Crippen molar-refractivity contribution in [1.82, 2.24) is 4.57 Å². The van der Waals surface area contributed by atoms with E-state index in [1.165, 1.54) is 16.3 Å². The van der Waals surface area contributed by atoms with Crippen molar-refractivity contribution in [2.45, 2.75) is 0 Å². The number of benzene rings is 7. The van der Waals surface area contributed by atoms with Gasteiger partial charge in [0.2, 0.25) is 0 Å². The van der Waals surface area contributed by atoms with Gasteiger partial charge in [-0.15, -0.1) is 0 Å². The average molecular weight is 576 g/mol. The van der Waals surface area contributed by atoms with Crippen LogP contribution >= 0.6 is 0 Å². The topological polar surface area (TPSA) is 31.2 Å². The van der Waals surface area contributed by atoms with Gasteiger partial charge in [-0.25, -0.2) is 0 Å². The van der Waals surface area contributed by atoms with E-state index in [0.29, 0.717) is 0 Å². The molecule has 0 N–H and O–H groups in total. The SMILES string of the molecule is c1ccc(-c2cc(-c3cccc4oc5ccccc5c34)cc(-n3c4ccccc4c4ccc5c6ccccc6oc5c43)c2)cc1. The van der Waals surface area contributed by atoms with Crippen molar-refractivity contribution in [2.24, 2.45) is 0 Å². The maximum atomic E-state index is 6.65. The van der Waals surface area contributed by atoms with Crippen LogP contribution in [0.1, 0.15) is 0 Å². The second kappa shape index (κ2) is 9.22. The largest absolute Gasteiger partial charge is 0.456 e. The predicted molar refractivity (Wildman–Crippen MR) is 186 cm³/mol. The lowest BCUT2D eigenvalue weighted by molar-refractivity contribution is 0.669. The third-order valence-electron chi connectivity index (χ3n) is 9.18. The monoisotopic (exact) mass is 575 g/mol. The van der Waals surface area contributed by atoms with Crippen molar-refractivity contribution in [2.75, 3.05) is 0 Å². The highest BCUT2D eigenvalue weighted by Crippen LogP contribution is 2.43. The molecule has 0 atom stereocenters. The van der Waals surface area contributed by atoms with Gasteiger partial charge >= 0.3 is 0 Å². The van der Waals surface area contributed by atoms with Crippen molar-refractivity contribution in [3.8, 4) is 27.9 Å². The molecule has 0 aliphatic rings. The molecule has 0 bridgehead atoms. The summed E-state index contributed by atoms with van der Waals surface area (Å²) in [4.78, 5) is 0. The molecule has 0 radical (unpaired) electrons. The molecule has 0 amide bonds. The fourth-order valence-corrected chi connectivity index (χ4v) is 7.21. The summed E-state index contributed by atoms with van der Waals surface area (Å²) < 4.78 is 15.3. The zero-order valence-corrected chi connectivity index (χ0v) is 24.2. The quantitative estimate of drug-likeness (QED) is 0.210. The number of aromatic nitrogens is 1. The Morgan fingerprint density at radius 1 is 0.400 bits per heavy atom. The van der Waals surface area contributed by atoms with Crippen LogP contribution in [0.4, 0.5) is 0 Å². The molecule has 3 aromatic heterocycles. The molecular formula is C42H25NO2. The summed E-state index contributed by atoms with van der Waals surface area (Å²) in [6, 6.07) is 53.6. The van der Waals surface area contributed by atoms with E-state index in [9.17, 15) is 0 Å². The Bertz CT molecular complexity index is 2760. The van der Waals surface area contributed by atoms with Crippen molar-refractivity contribution in [3.63, 3.8) is 0 Å². The number of hydrogen-bond donors (Lipinski definition) is 0. The normalized spacial score (nSPS) is 12.0. The molecule has 7 aromatic carbocycles. The van der Waals surface area contributed by atoms with Crippen LogP contribution in [0.15, 0.2) is 160 Å². The van der Waals surface area contributed by atoms with Gasteiger partial charge in [0.25, 0.3) is 0 Å². The van der Waals surface area contributed by atoms with E-state index in [1.54, 1.807) is 0 Å². The van der Waals surface area contributed by atoms with Crippen LogP contribution in [-0.4, -0.2) is 4.57 Å². The van der Waals surface area contributed by atoms with E-state index in [-0.39, 0.29) is 0 Å². The lowest BCUT2D eigenvalue weighted by Crippen LogP contribution is -1.96. The maximum absolute atomic E-state index is 6.65. The van der Waals surface area contributed by atoms with Crippen LogP contribution in [0.25, 0.3) is 93.6 Å². The van der Waals surface area contributed by atoms with E-state index in [0.717, 1.165) is 77.3 Å². The van der Waals surface area contributed by atoms with Crippen molar-refractivity contribution >= 4 is 65.7 Å². The van der Waals surface area contributed by atoms with Gasteiger partial charge in [0.1, 0.15) is 16.7 Å². The second-order valence-corrected chi connectivity index (χ2v) is 11.7. The van der Waals surface area contributed by atoms with Gasteiger partial charge in [0, 0.05) is 38.0 Å². The number of rotatable bonds is 3. The molecule has 0 spiro atoms. The van der Waals surface area contributed by atoms with Gasteiger partial charge in [-0.05, 0) is 70.8 Å². The number of para-hydroxylation sites is 3. The summed E-state index contributed by atoms with van der Waals surface area (Å²) in [5.41, 5.74) is 11.5. The lowest BCUT2D eigenvalue weighted by Gasteiger charge is -2.14. The summed E-state index contributed by atoms with van der Waals surface area (Å²) >= 11 is 0. The Balaban J connectivity index is 1.35. The fraction of sp³-hybridized carbons (Fsp3) is 0. The first-order valence-corrected chi connectivity index (χ1v) is 15.3. The minimum absolute atomic E-state index is 0.890. The molecule has 0 aliphatic carbocycles. The first-order chi connectivity index (χ1) is 22.3. The summed E-state index contributed by atoms with van der Waals surface area (Å²) in [6.07, 6.45) is 0. The van der Waals surface area contributed by atoms with Crippen molar-refractivity contribution in [1.29, 1.82) is 0 Å². The predicted octanol–water partition coefficient (Wildman–Crippen LogP) is 11.9. The van der Waals surface area contributed by atoms with E-state index in [4.69, 9.17) is 8.83 Å². The Morgan fingerprint density at radius 3 is 1.93 bits per heavy atom. The van der Waals surface area contributed by atoms with Gasteiger partial charge in [-0.2, -0.15) is 0 Å². The Kier molecular flexibility index (Phi) is 5.00. The summed E-state index contributed by atoms with van der Waals surface area (Å²) in [5, 5.41) is 6.87. The molecule has 45 heavy (non-hydrogen) atoms. The van der Waals surface area contributed by atoms with Crippen molar-refractivity contribution in [3.05, 3.63) is 152 Å². The highest BCUT2D eigenvalue weighted by atomic mass is 16.3. The molecular weight excluding hydrogens is 550 g/mol. The van der Waals surface area contributed by atoms with Crippen LogP contribution in [0, 0.1) is 0 Å². The third kappa shape index (κ3) is 3.52. The zero-order valence-electron chi connectivity index (χ0n) is 24.2. The fourth-order valence-electron chi connectivity index (χ4n) is 7.21. The molecule has 10 aromatic rings. The molecule has 3 heterocycles. The van der Waals surface area contributed by atoms with E-state index in [2.05, 4.69) is 138 Å². The molecule has 0 fully saturated rings. The van der Waals surface area contributed by atoms with Gasteiger partial charge in [-0.3, -0.25) is 0 Å². The van der Waals surface area contributed by atoms with E-state index in [1.807, 2.05) is 18.2 Å². The van der Waals surface area contributed by atoms with Crippen LogP contribution in [0.5, 0.6) is 0 Å². The Hall–Kier alpha value is -6.06. The summed E-state index contributed by atoms with van der Waals surface area (Å²) in [7, 11) is 0. The van der Waals surface area contributed by atoms with Crippen LogP contribution in [-0.2, 0) is 0 Å². The number of nitrogens with zero attached hydrogens (tertiary/aromatic N) is 1. The third-order valence-corrected chi connectivity index (χ3v) is 9.18. The van der Waals surface area contributed by atoms with Crippen LogP contribution < -0.4 is 0 Å². The number of hydrogen-bond acceptors (Lipinski definition) is 2. The zero-order chi connectivity index (χ0) is 29.5. The average Bonchev–Trinajstić information content (AvgIpc) is 3.78. The van der Waals surface area contributed by atoms with Gasteiger partial charge in [-0.1, -0.05) is 103 Å². The van der Waals surface area contributed by atoms with Crippen LogP contribution in [0.2, 0.25) is 0 Å². The Morgan fingerprint density at radius 2 is 1.07 bits per heavy atom. The molecule has 3 nitrogen and oxygen atoms in total. The minimum Gasteiger partial charge on any atom is -0.456 e. The highest BCUT2D eigenvalue weighted by molar-refractivity contribution is 6.21. The van der Waals surface area contributed by atoms with Gasteiger partial charge in [0.05, 0.1) is 11.0 Å². The number of furan rings is 2. The smallest absolute Gasteiger partial charge is 0.160 e. The molecule has 0 saturated carbocycles. The van der Waals surface area contributed by atoms with Gasteiger partial charge in [0.15, 0.2) is 5.58 Å². The molecule has 0 unspecified atom stereocenters. The Labute approximate surface area is 258 Å². The molecule has 0 saturated heterocycles. The minimum atomic E-state index is 0.890. The highest BCUT2D eigenvalue weighted by Gasteiger charge is 2.20. The van der Waals surface area contributed by atoms with E-state index < -0.39 is 0 Å². The van der Waals surface area contributed by atoms with Crippen LogP contribution in [0.3, 0.4) is 0 Å². The molecule has 3 heteroatoms. The molecule has 210 valence electrons. The van der Waals surface area contributed by atoms with Crippen molar-refractivity contribution < 1.29 is 8.83 Å². The maximum Gasteiger partial charge on any atom is 0.160 e. The lowest BCUT2D eigenvalue weighted by atomic mass is 9.95. The molecule has 10 rings (SSSR count). The first-order valence-electron chi connectivity index (χ1n) is 15.3.